The van der Waals surface area contributed by atoms with Crippen molar-refractivity contribution in [1.29, 1.82) is 0 Å². The summed E-state index contributed by atoms with van der Waals surface area (Å²) in [5.41, 5.74) is -5.91. The fourth-order valence-corrected chi connectivity index (χ4v) is 5.15. The number of rotatable bonds is 0. The lowest BCUT2D eigenvalue weighted by molar-refractivity contribution is -0.224. The van der Waals surface area contributed by atoms with Crippen LogP contribution in [0.5, 0.6) is 0 Å². The van der Waals surface area contributed by atoms with E-state index in [1.54, 1.807) is 20.8 Å². The molecule has 0 radical (unpaired) electrons. The van der Waals surface area contributed by atoms with Crippen LogP contribution in [0.25, 0.3) is 0 Å². The summed E-state index contributed by atoms with van der Waals surface area (Å²) in [6.45, 7) is 5.19. The minimum Gasteiger partial charge on any atom is -0.461 e. The van der Waals surface area contributed by atoms with Crippen LogP contribution in [0, 0.1) is 16.2 Å². The van der Waals surface area contributed by atoms with Gasteiger partial charge in [-0.25, -0.2) is 4.79 Å². The number of carbonyl (C=O) groups is 3. The van der Waals surface area contributed by atoms with Crippen LogP contribution in [0.15, 0.2) is 0 Å². The molecule has 4 rings (SSSR count). The number of ether oxygens (including phenoxy) is 3. The van der Waals surface area contributed by atoms with Crippen LogP contribution in [-0.4, -0.2) is 52.2 Å². The molecule has 1 aliphatic carbocycles. The van der Waals surface area contributed by atoms with Gasteiger partial charge < -0.3 is 24.4 Å². The lowest BCUT2D eigenvalue weighted by atomic mass is 9.52. The van der Waals surface area contributed by atoms with Gasteiger partial charge in [0.15, 0.2) is 6.10 Å². The first-order chi connectivity index (χ1) is 10.5. The van der Waals surface area contributed by atoms with Crippen LogP contribution in [0.2, 0.25) is 0 Å². The predicted molar refractivity (Wildman–Crippen MR) is 70.4 cm³/mol. The van der Waals surface area contributed by atoms with E-state index < -0.39 is 58.3 Å². The Bertz CT molecular complexity index is 650. The summed E-state index contributed by atoms with van der Waals surface area (Å²) in [6, 6.07) is 0. The van der Waals surface area contributed by atoms with Crippen LogP contribution in [0.3, 0.4) is 0 Å². The van der Waals surface area contributed by atoms with Gasteiger partial charge in [-0.15, -0.1) is 0 Å². The maximum atomic E-state index is 12.6. The van der Waals surface area contributed by atoms with Crippen molar-refractivity contribution in [2.45, 2.75) is 57.7 Å². The Labute approximate surface area is 131 Å². The zero-order valence-electron chi connectivity index (χ0n) is 13.0. The Morgan fingerprint density at radius 3 is 2.39 bits per heavy atom. The van der Waals surface area contributed by atoms with Gasteiger partial charge in [-0.3, -0.25) is 9.59 Å². The molecule has 3 heterocycles. The fourth-order valence-electron chi connectivity index (χ4n) is 5.15. The number of carbonyl (C=O) groups excluding carboxylic acids is 3. The number of esters is 3. The smallest absolute Gasteiger partial charge is 0.339 e. The molecular weight excluding hydrogens is 308 g/mol. The Kier molecular flexibility index (Phi) is 2.39. The molecule has 2 N–H and O–H groups in total. The highest BCUT2D eigenvalue weighted by Gasteiger charge is 2.92. The molecule has 3 saturated heterocycles. The molecule has 4 aliphatic rings. The van der Waals surface area contributed by atoms with Crippen molar-refractivity contribution < 1.29 is 38.8 Å². The second kappa shape index (κ2) is 3.70. The van der Waals surface area contributed by atoms with Crippen LogP contribution in [0.1, 0.15) is 33.6 Å². The normalized spacial score (nSPS) is 51.0. The molecule has 1 saturated carbocycles. The average molecular weight is 326 g/mol. The van der Waals surface area contributed by atoms with Gasteiger partial charge in [0.2, 0.25) is 0 Å². The second-order valence-corrected chi connectivity index (χ2v) is 7.89. The molecule has 0 aromatic rings. The topological polar surface area (TPSA) is 119 Å². The first-order valence-electron chi connectivity index (χ1n) is 7.54. The summed E-state index contributed by atoms with van der Waals surface area (Å²) in [5, 5.41) is 22.2. The first-order valence-corrected chi connectivity index (χ1v) is 7.54. The van der Waals surface area contributed by atoms with Crippen LogP contribution < -0.4 is 0 Å². The third-order valence-corrected chi connectivity index (χ3v) is 6.22. The Morgan fingerprint density at radius 1 is 1.13 bits per heavy atom. The van der Waals surface area contributed by atoms with E-state index in [4.69, 9.17) is 14.2 Å². The summed E-state index contributed by atoms with van der Waals surface area (Å²) < 4.78 is 15.5. The van der Waals surface area contributed by atoms with E-state index >= 15 is 0 Å². The largest absolute Gasteiger partial charge is 0.461 e. The first kappa shape index (κ1) is 14.9. The minimum atomic E-state index is -1.78. The molecule has 0 amide bonds. The van der Waals surface area contributed by atoms with Gasteiger partial charge in [-0.1, -0.05) is 20.8 Å². The lowest BCUT2D eigenvalue weighted by Crippen LogP contribution is -2.65. The van der Waals surface area contributed by atoms with Gasteiger partial charge in [0.05, 0.1) is 12.0 Å². The van der Waals surface area contributed by atoms with Gasteiger partial charge in [0.25, 0.3) is 6.29 Å². The summed E-state index contributed by atoms with van der Waals surface area (Å²) >= 11 is 0. The Balaban J connectivity index is 2.05. The summed E-state index contributed by atoms with van der Waals surface area (Å²) in [7, 11) is 0. The second-order valence-electron chi connectivity index (χ2n) is 7.89. The van der Waals surface area contributed by atoms with E-state index in [-0.39, 0.29) is 12.8 Å². The third kappa shape index (κ3) is 1.20. The maximum Gasteiger partial charge on any atom is 0.339 e. The SMILES string of the molecule is CC(C)(C)[C@]1(O)CC2OC(=O)C[C@@]23C(=O)OC2OC(=O)C(O)[C@]213. The molecule has 3 aliphatic heterocycles. The third-order valence-electron chi connectivity index (χ3n) is 6.22. The molecule has 4 fully saturated rings. The number of hydrogen-bond acceptors (Lipinski definition) is 8. The molecule has 2 spiro atoms. The summed E-state index contributed by atoms with van der Waals surface area (Å²) in [5.74, 6) is -2.36. The molecule has 0 bridgehead atoms. The zero-order chi connectivity index (χ0) is 17.0. The molecule has 8 nitrogen and oxygen atoms in total. The van der Waals surface area contributed by atoms with E-state index in [0.29, 0.717) is 0 Å². The van der Waals surface area contributed by atoms with Crippen LogP contribution in [0.4, 0.5) is 0 Å². The monoisotopic (exact) mass is 326 g/mol. The highest BCUT2D eigenvalue weighted by molar-refractivity contribution is 5.94. The number of aliphatic hydroxyl groups is 2. The van der Waals surface area contributed by atoms with Crippen molar-refractivity contribution in [3.05, 3.63) is 0 Å². The minimum absolute atomic E-state index is 0.0679. The molecule has 8 heteroatoms. The van der Waals surface area contributed by atoms with Gasteiger partial charge in [-0.2, -0.15) is 0 Å². The summed E-state index contributed by atoms with van der Waals surface area (Å²) in [6.07, 6.45) is -4.58. The predicted octanol–water partition coefficient (Wildman–Crippen LogP) is -0.744. The van der Waals surface area contributed by atoms with Gasteiger partial charge in [0, 0.05) is 6.42 Å². The standard InChI is InChI=1S/C15H18O8/c1-12(2,3)14(20)4-6-13(5-7(16)21-6)10(19)23-11-15(13,14)8(17)9(18)22-11/h6,8,11,17,20H,4-5H2,1-3H3/t6?,8?,11?,13-,14+,15+/m0/s1. The number of hydrogen-bond donors (Lipinski definition) is 2. The van der Waals surface area contributed by atoms with Crippen molar-refractivity contribution >= 4 is 17.9 Å². The van der Waals surface area contributed by atoms with Crippen LogP contribution >= 0.6 is 0 Å². The highest BCUT2D eigenvalue weighted by atomic mass is 16.7. The Hall–Kier alpha value is -1.67. The van der Waals surface area contributed by atoms with Gasteiger partial charge in [-0.05, 0) is 5.41 Å². The van der Waals surface area contributed by atoms with E-state index in [9.17, 15) is 24.6 Å². The molecule has 126 valence electrons. The van der Waals surface area contributed by atoms with E-state index in [1.165, 1.54) is 0 Å². The highest BCUT2D eigenvalue weighted by Crippen LogP contribution is 2.75. The van der Waals surface area contributed by atoms with Crippen molar-refractivity contribution in [2.75, 3.05) is 0 Å². The maximum absolute atomic E-state index is 12.6. The Morgan fingerprint density at radius 2 is 1.78 bits per heavy atom. The number of aliphatic hydroxyl groups excluding tert-OH is 1. The van der Waals surface area contributed by atoms with E-state index in [1.807, 2.05) is 0 Å². The fraction of sp³-hybridized carbons (Fsp3) is 0.800. The average Bonchev–Trinajstić information content (AvgIpc) is 3.00. The van der Waals surface area contributed by atoms with Crippen molar-refractivity contribution in [3.8, 4) is 0 Å². The van der Waals surface area contributed by atoms with Crippen molar-refractivity contribution in [1.82, 2.24) is 0 Å². The molecule has 6 atom stereocenters. The van der Waals surface area contributed by atoms with Gasteiger partial charge in [0.1, 0.15) is 16.9 Å². The van der Waals surface area contributed by atoms with E-state index in [0.717, 1.165) is 0 Å². The molecule has 3 unspecified atom stereocenters. The van der Waals surface area contributed by atoms with Crippen LogP contribution in [-0.2, 0) is 28.6 Å². The molecule has 0 aromatic carbocycles. The molecule has 23 heavy (non-hydrogen) atoms. The lowest BCUT2D eigenvalue weighted by Gasteiger charge is -2.49. The quantitative estimate of drug-likeness (QED) is 0.558. The molecular formula is C15H18O8. The van der Waals surface area contributed by atoms with Gasteiger partial charge >= 0.3 is 17.9 Å². The zero-order valence-corrected chi connectivity index (χ0v) is 13.0. The van der Waals surface area contributed by atoms with Crippen molar-refractivity contribution in [2.24, 2.45) is 16.2 Å². The molecule has 0 aromatic heterocycles. The van der Waals surface area contributed by atoms with E-state index in [2.05, 4.69) is 0 Å². The summed E-state index contributed by atoms with van der Waals surface area (Å²) in [4.78, 5) is 36.5. The van der Waals surface area contributed by atoms with Crippen molar-refractivity contribution in [3.63, 3.8) is 0 Å².